The molecular weight excluding hydrogens is 350 g/mol. The number of fused-ring (bicyclic) bond motifs is 1. The van der Waals surface area contributed by atoms with Crippen LogP contribution in [-0.2, 0) is 27.5 Å². The molecule has 1 aliphatic rings. The fourth-order valence-electron chi connectivity index (χ4n) is 3.24. The predicted molar refractivity (Wildman–Crippen MR) is 101 cm³/mol. The van der Waals surface area contributed by atoms with Crippen LogP contribution in [0, 0.1) is 0 Å². The van der Waals surface area contributed by atoms with Crippen molar-refractivity contribution < 1.29 is 18.3 Å². The van der Waals surface area contributed by atoms with Crippen molar-refractivity contribution in [1.82, 2.24) is 0 Å². The number of rotatable bonds is 5. The fourth-order valence-corrected chi connectivity index (χ4v) is 4.12. The van der Waals surface area contributed by atoms with Crippen molar-refractivity contribution in [3.05, 3.63) is 59.2 Å². The van der Waals surface area contributed by atoms with Gasteiger partial charge in [-0.3, -0.25) is 4.79 Å². The zero-order chi connectivity index (χ0) is 18.7. The highest BCUT2D eigenvalue weighted by Crippen LogP contribution is 2.31. The van der Waals surface area contributed by atoms with Gasteiger partial charge in [0.1, 0.15) is 0 Å². The van der Waals surface area contributed by atoms with E-state index in [1.807, 2.05) is 18.2 Å². The lowest BCUT2D eigenvalue weighted by molar-refractivity contribution is -0.115. The molecule has 0 aromatic heterocycles. The lowest BCUT2D eigenvalue weighted by Crippen LogP contribution is -2.16. The van der Waals surface area contributed by atoms with Crippen LogP contribution in [0.1, 0.15) is 42.6 Å². The molecule has 1 unspecified atom stereocenters. The zero-order valence-corrected chi connectivity index (χ0v) is 15.6. The highest BCUT2D eigenvalue weighted by molar-refractivity contribution is 7.91. The first-order valence-electron chi connectivity index (χ1n) is 8.81. The SMILES string of the molecule is CCS(=O)(=O)c1ccc(CC(=O)Nc2ccc3c(c2)CCCC3O)cc1. The number of hydrogen-bond acceptors (Lipinski definition) is 4. The molecule has 3 rings (SSSR count). The Balaban J connectivity index is 1.66. The molecule has 5 nitrogen and oxygen atoms in total. The van der Waals surface area contributed by atoms with Crippen LogP contribution in [-0.4, -0.2) is 25.2 Å². The van der Waals surface area contributed by atoms with Gasteiger partial charge in [0.15, 0.2) is 9.84 Å². The fraction of sp³-hybridized carbons (Fsp3) is 0.350. The van der Waals surface area contributed by atoms with E-state index in [2.05, 4.69) is 5.32 Å². The smallest absolute Gasteiger partial charge is 0.228 e. The minimum atomic E-state index is -3.23. The van der Waals surface area contributed by atoms with Gasteiger partial charge in [-0.25, -0.2) is 8.42 Å². The Morgan fingerprint density at radius 2 is 1.92 bits per heavy atom. The molecule has 2 aromatic carbocycles. The molecule has 2 aromatic rings. The number of sulfone groups is 1. The molecule has 1 amide bonds. The lowest BCUT2D eigenvalue weighted by Gasteiger charge is -2.22. The Morgan fingerprint density at radius 1 is 1.19 bits per heavy atom. The summed E-state index contributed by atoms with van der Waals surface area (Å²) in [4.78, 5) is 12.5. The molecule has 0 saturated carbocycles. The number of aliphatic hydroxyl groups is 1. The number of carbonyl (C=O) groups is 1. The monoisotopic (exact) mass is 373 g/mol. The van der Waals surface area contributed by atoms with Crippen molar-refractivity contribution in [3.8, 4) is 0 Å². The molecule has 0 aliphatic heterocycles. The maximum absolute atomic E-state index is 12.3. The van der Waals surface area contributed by atoms with E-state index in [1.54, 1.807) is 31.2 Å². The molecule has 26 heavy (non-hydrogen) atoms. The van der Waals surface area contributed by atoms with E-state index in [1.165, 1.54) is 0 Å². The number of benzene rings is 2. The largest absolute Gasteiger partial charge is 0.388 e. The minimum Gasteiger partial charge on any atom is -0.388 e. The van der Waals surface area contributed by atoms with Crippen molar-refractivity contribution in [2.24, 2.45) is 0 Å². The third kappa shape index (κ3) is 4.14. The highest BCUT2D eigenvalue weighted by atomic mass is 32.2. The van der Waals surface area contributed by atoms with Gasteiger partial charge in [0.25, 0.3) is 0 Å². The molecule has 0 radical (unpaired) electrons. The van der Waals surface area contributed by atoms with Crippen LogP contribution in [0.5, 0.6) is 0 Å². The summed E-state index contributed by atoms with van der Waals surface area (Å²) in [5.74, 6) is -0.104. The normalized spacial score (nSPS) is 16.8. The maximum atomic E-state index is 12.3. The Hall–Kier alpha value is -2.18. The molecule has 0 saturated heterocycles. The first kappa shape index (κ1) is 18.6. The summed E-state index contributed by atoms with van der Waals surface area (Å²) in [7, 11) is -3.23. The molecule has 0 bridgehead atoms. The number of amides is 1. The van der Waals surface area contributed by atoms with Gasteiger partial charge < -0.3 is 10.4 Å². The van der Waals surface area contributed by atoms with Crippen LogP contribution in [0.2, 0.25) is 0 Å². The molecule has 0 spiro atoms. The number of hydrogen-bond donors (Lipinski definition) is 2. The summed E-state index contributed by atoms with van der Waals surface area (Å²) < 4.78 is 23.6. The average Bonchev–Trinajstić information content (AvgIpc) is 2.62. The zero-order valence-electron chi connectivity index (χ0n) is 14.7. The van der Waals surface area contributed by atoms with E-state index in [4.69, 9.17) is 0 Å². The van der Waals surface area contributed by atoms with Crippen LogP contribution in [0.15, 0.2) is 47.4 Å². The van der Waals surface area contributed by atoms with Crippen molar-refractivity contribution in [2.75, 3.05) is 11.1 Å². The van der Waals surface area contributed by atoms with E-state index in [0.717, 1.165) is 36.0 Å². The predicted octanol–water partition coefficient (Wildman–Crippen LogP) is 3.03. The first-order valence-corrected chi connectivity index (χ1v) is 10.5. The van der Waals surface area contributed by atoms with Gasteiger partial charge >= 0.3 is 0 Å². The number of aliphatic hydroxyl groups excluding tert-OH is 1. The Bertz CT molecular complexity index is 904. The minimum absolute atomic E-state index is 0.0554. The third-order valence-electron chi connectivity index (χ3n) is 4.74. The molecule has 0 fully saturated rings. The van der Waals surface area contributed by atoms with E-state index in [0.29, 0.717) is 5.69 Å². The van der Waals surface area contributed by atoms with Gasteiger partial charge in [-0.05, 0) is 60.2 Å². The van der Waals surface area contributed by atoms with Crippen LogP contribution in [0.4, 0.5) is 5.69 Å². The maximum Gasteiger partial charge on any atom is 0.228 e. The number of aryl methyl sites for hydroxylation is 1. The van der Waals surface area contributed by atoms with E-state index in [9.17, 15) is 18.3 Å². The van der Waals surface area contributed by atoms with Crippen molar-refractivity contribution in [3.63, 3.8) is 0 Å². The Kier molecular flexibility index (Phi) is 5.44. The highest BCUT2D eigenvalue weighted by Gasteiger charge is 2.18. The summed E-state index contributed by atoms with van der Waals surface area (Å²) in [6, 6.07) is 12.0. The Morgan fingerprint density at radius 3 is 2.62 bits per heavy atom. The summed E-state index contributed by atoms with van der Waals surface area (Å²) in [5, 5.41) is 12.9. The summed E-state index contributed by atoms with van der Waals surface area (Å²) >= 11 is 0. The molecular formula is C20H23NO4S. The number of carbonyl (C=O) groups excluding carboxylic acids is 1. The van der Waals surface area contributed by atoms with Crippen LogP contribution >= 0.6 is 0 Å². The number of anilines is 1. The van der Waals surface area contributed by atoms with Gasteiger partial charge in [0.2, 0.25) is 5.91 Å². The molecule has 2 N–H and O–H groups in total. The molecule has 1 aliphatic carbocycles. The number of nitrogens with one attached hydrogen (secondary N) is 1. The quantitative estimate of drug-likeness (QED) is 0.844. The topological polar surface area (TPSA) is 83.5 Å². The summed E-state index contributed by atoms with van der Waals surface area (Å²) in [6.07, 6.45) is 2.39. The summed E-state index contributed by atoms with van der Waals surface area (Å²) in [5.41, 5.74) is 3.50. The molecule has 0 heterocycles. The Labute approximate surface area is 154 Å². The second kappa shape index (κ2) is 7.60. The van der Waals surface area contributed by atoms with Crippen molar-refractivity contribution in [2.45, 2.75) is 43.6 Å². The van der Waals surface area contributed by atoms with Crippen LogP contribution in [0.3, 0.4) is 0 Å². The lowest BCUT2D eigenvalue weighted by atomic mass is 9.89. The molecule has 138 valence electrons. The van der Waals surface area contributed by atoms with Crippen molar-refractivity contribution >= 4 is 21.4 Å². The molecule has 1 atom stereocenters. The van der Waals surface area contributed by atoms with E-state index >= 15 is 0 Å². The first-order chi connectivity index (χ1) is 12.4. The van der Waals surface area contributed by atoms with Gasteiger partial charge in [-0.15, -0.1) is 0 Å². The van der Waals surface area contributed by atoms with Crippen molar-refractivity contribution in [1.29, 1.82) is 0 Å². The van der Waals surface area contributed by atoms with Crippen LogP contribution in [0.25, 0.3) is 0 Å². The molecule has 6 heteroatoms. The van der Waals surface area contributed by atoms with Gasteiger partial charge in [-0.1, -0.05) is 25.1 Å². The third-order valence-corrected chi connectivity index (χ3v) is 6.49. The van der Waals surface area contributed by atoms with E-state index in [-0.39, 0.29) is 23.0 Å². The second-order valence-corrected chi connectivity index (χ2v) is 8.87. The average molecular weight is 373 g/mol. The van der Waals surface area contributed by atoms with Gasteiger partial charge in [0, 0.05) is 5.69 Å². The van der Waals surface area contributed by atoms with Gasteiger partial charge in [-0.2, -0.15) is 0 Å². The van der Waals surface area contributed by atoms with E-state index < -0.39 is 15.9 Å². The van der Waals surface area contributed by atoms with Crippen LogP contribution < -0.4 is 5.32 Å². The standard InChI is InChI=1S/C20H23NO4S/c1-2-26(24,25)17-9-6-14(7-10-17)12-20(23)21-16-8-11-18-15(13-16)4-3-5-19(18)22/h6-11,13,19,22H,2-5,12H2,1H3,(H,21,23). The second-order valence-electron chi connectivity index (χ2n) is 6.59. The van der Waals surface area contributed by atoms with Gasteiger partial charge in [0.05, 0.1) is 23.2 Å². The summed E-state index contributed by atoms with van der Waals surface area (Å²) in [6.45, 7) is 1.61.